The van der Waals surface area contributed by atoms with Crippen molar-refractivity contribution in [3.63, 3.8) is 0 Å². The van der Waals surface area contributed by atoms with Crippen molar-refractivity contribution in [1.82, 2.24) is 0 Å². The number of halogens is 6. The van der Waals surface area contributed by atoms with Gasteiger partial charge in [0.05, 0.1) is 26.4 Å². The molecule has 0 aromatic rings. The lowest BCUT2D eigenvalue weighted by molar-refractivity contribution is -0.291. The van der Waals surface area contributed by atoms with Gasteiger partial charge in [-0.3, -0.25) is 0 Å². The summed E-state index contributed by atoms with van der Waals surface area (Å²) >= 11 is 0. The molecule has 3 nitrogen and oxygen atoms in total. The van der Waals surface area contributed by atoms with E-state index in [2.05, 4.69) is 4.74 Å². The Labute approximate surface area is 98.0 Å². The molecule has 2 aliphatic rings. The standard InChI is InChI=1S/C9H10F6O3/c10-6(11)8(12,13)9(14,15)7(4-18-7)3-16-1-5-2-17-5/h5-6H,1-4H2. The highest BCUT2D eigenvalue weighted by Crippen LogP contribution is 2.53. The van der Waals surface area contributed by atoms with Crippen LogP contribution in [0.2, 0.25) is 0 Å². The molecule has 2 fully saturated rings. The van der Waals surface area contributed by atoms with E-state index < -0.39 is 37.1 Å². The van der Waals surface area contributed by atoms with Crippen molar-refractivity contribution >= 4 is 0 Å². The highest BCUT2D eigenvalue weighted by atomic mass is 19.3. The fourth-order valence-corrected chi connectivity index (χ4v) is 1.40. The van der Waals surface area contributed by atoms with E-state index in [4.69, 9.17) is 9.47 Å². The van der Waals surface area contributed by atoms with E-state index in [9.17, 15) is 26.3 Å². The Hall–Kier alpha value is -0.540. The van der Waals surface area contributed by atoms with Crippen LogP contribution < -0.4 is 0 Å². The summed E-state index contributed by atoms with van der Waals surface area (Å²) in [6.07, 6.45) is -4.72. The average Bonchev–Trinajstić information content (AvgIpc) is 3.11. The largest absolute Gasteiger partial charge is 0.375 e. The number of rotatable bonds is 7. The SMILES string of the molecule is FC(F)C(F)(F)C(F)(F)C1(COCC2CO2)CO1. The molecular weight excluding hydrogens is 270 g/mol. The minimum atomic E-state index is -5.46. The summed E-state index contributed by atoms with van der Waals surface area (Å²) in [5.41, 5.74) is -2.66. The van der Waals surface area contributed by atoms with Gasteiger partial charge in [-0.1, -0.05) is 0 Å². The molecule has 0 aromatic heterocycles. The van der Waals surface area contributed by atoms with Gasteiger partial charge in [-0.2, -0.15) is 17.6 Å². The van der Waals surface area contributed by atoms with Gasteiger partial charge in [0.2, 0.25) is 0 Å². The Morgan fingerprint density at radius 2 is 1.83 bits per heavy atom. The van der Waals surface area contributed by atoms with Gasteiger partial charge in [-0.25, -0.2) is 8.78 Å². The van der Waals surface area contributed by atoms with Crippen LogP contribution in [0.25, 0.3) is 0 Å². The predicted octanol–water partition coefficient (Wildman–Crippen LogP) is 1.71. The van der Waals surface area contributed by atoms with Crippen LogP contribution in [0.3, 0.4) is 0 Å². The van der Waals surface area contributed by atoms with Gasteiger partial charge in [-0.15, -0.1) is 0 Å². The van der Waals surface area contributed by atoms with Crippen LogP contribution in [0.5, 0.6) is 0 Å². The van der Waals surface area contributed by atoms with Gasteiger partial charge >= 0.3 is 18.3 Å². The summed E-state index contributed by atoms with van der Waals surface area (Å²) in [5.74, 6) is -10.4. The monoisotopic (exact) mass is 280 g/mol. The smallest absolute Gasteiger partial charge is 0.372 e. The molecule has 106 valence electrons. The van der Waals surface area contributed by atoms with E-state index in [-0.39, 0.29) is 12.7 Å². The van der Waals surface area contributed by atoms with Crippen molar-refractivity contribution < 1.29 is 40.6 Å². The topological polar surface area (TPSA) is 34.3 Å². The fraction of sp³-hybridized carbons (Fsp3) is 1.00. The summed E-state index contributed by atoms with van der Waals surface area (Å²) in [7, 11) is 0. The van der Waals surface area contributed by atoms with E-state index in [1.807, 2.05) is 0 Å². The second-order valence-corrected chi connectivity index (χ2v) is 4.25. The third-order valence-electron chi connectivity index (χ3n) is 2.80. The molecule has 2 unspecified atom stereocenters. The molecule has 2 atom stereocenters. The van der Waals surface area contributed by atoms with E-state index in [0.717, 1.165) is 0 Å². The van der Waals surface area contributed by atoms with Gasteiger partial charge in [-0.05, 0) is 0 Å². The average molecular weight is 280 g/mol. The van der Waals surface area contributed by atoms with E-state index >= 15 is 0 Å². The van der Waals surface area contributed by atoms with Crippen molar-refractivity contribution in [2.45, 2.75) is 30.0 Å². The van der Waals surface area contributed by atoms with E-state index in [0.29, 0.717) is 6.61 Å². The zero-order valence-corrected chi connectivity index (χ0v) is 8.98. The van der Waals surface area contributed by atoms with Gasteiger partial charge < -0.3 is 14.2 Å². The van der Waals surface area contributed by atoms with E-state index in [1.165, 1.54) is 0 Å². The molecule has 0 saturated carbocycles. The molecule has 0 N–H and O–H groups in total. The molecule has 2 saturated heterocycles. The Kier molecular flexibility index (Phi) is 3.27. The Morgan fingerprint density at radius 1 is 1.28 bits per heavy atom. The zero-order chi connectivity index (χ0) is 13.6. The number of epoxide rings is 2. The maximum absolute atomic E-state index is 13.4. The van der Waals surface area contributed by atoms with Crippen molar-refractivity contribution in [3.8, 4) is 0 Å². The van der Waals surface area contributed by atoms with Crippen LogP contribution in [-0.2, 0) is 14.2 Å². The molecule has 0 amide bonds. The van der Waals surface area contributed by atoms with Gasteiger partial charge in [0.25, 0.3) is 0 Å². The van der Waals surface area contributed by atoms with Gasteiger partial charge in [0.1, 0.15) is 6.10 Å². The fourth-order valence-electron chi connectivity index (χ4n) is 1.40. The van der Waals surface area contributed by atoms with Crippen molar-refractivity contribution in [1.29, 1.82) is 0 Å². The minimum Gasteiger partial charge on any atom is -0.375 e. The van der Waals surface area contributed by atoms with Crippen molar-refractivity contribution in [2.24, 2.45) is 0 Å². The van der Waals surface area contributed by atoms with Crippen LogP contribution in [-0.4, -0.2) is 56.4 Å². The number of alkyl halides is 6. The lowest BCUT2D eigenvalue weighted by atomic mass is 9.97. The molecule has 0 aromatic carbocycles. The number of hydrogen-bond donors (Lipinski definition) is 0. The minimum absolute atomic E-state index is 0.0541. The second kappa shape index (κ2) is 4.24. The summed E-state index contributed by atoms with van der Waals surface area (Å²) in [6.45, 7) is -1.27. The summed E-state index contributed by atoms with van der Waals surface area (Å²) in [5, 5.41) is 0. The molecule has 0 bridgehead atoms. The zero-order valence-electron chi connectivity index (χ0n) is 8.98. The maximum Gasteiger partial charge on any atom is 0.372 e. The van der Waals surface area contributed by atoms with Crippen LogP contribution in [0.4, 0.5) is 26.3 Å². The molecule has 0 spiro atoms. The summed E-state index contributed by atoms with van der Waals surface area (Å²) in [6, 6.07) is 0. The normalized spacial score (nSPS) is 31.8. The van der Waals surface area contributed by atoms with Crippen LogP contribution in [0, 0.1) is 0 Å². The Morgan fingerprint density at radius 3 is 2.22 bits per heavy atom. The van der Waals surface area contributed by atoms with Crippen LogP contribution >= 0.6 is 0 Å². The highest BCUT2D eigenvalue weighted by molar-refractivity contribution is 5.11. The van der Waals surface area contributed by atoms with Gasteiger partial charge in [0, 0.05) is 0 Å². The lowest BCUT2D eigenvalue weighted by Gasteiger charge is -2.30. The van der Waals surface area contributed by atoms with Gasteiger partial charge in [0.15, 0.2) is 5.60 Å². The molecule has 2 rings (SSSR count). The summed E-state index contributed by atoms with van der Waals surface area (Å²) < 4.78 is 90.0. The first-order chi connectivity index (χ1) is 8.23. The van der Waals surface area contributed by atoms with E-state index in [1.54, 1.807) is 0 Å². The third-order valence-corrected chi connectivity index (χ3v) is 2.80. The van der Waals surface area contributed by atoms with Crippen molar-refractivity contribution in [2.75, 3.05) is 26.4 Å². The highest BCUT2D eigenvalue weighted by Gasteiger charge is 2.78. The Balaban J connectivity index is 1.98. The lowest BCUT2D eigenvalue weighted by Crippen LogP contribution is -2.57. The Bertz CT molecular complexity index is 313. The first kappa shape index (κ1) is 13.9. The first-order valence-corrected chi connectivity index (χ1v) is 5.10. The van der Waals surface area contributed by atoms with Crippen molar-refractivity contribution in [3.05, 3.63) is 0 Å². The third kappa shape index (κ3) is 2.19. The molecule has 0 aliphatic carbocycles. The van der Waals surface area contributed by atoms with Crippen LogP contribution in [0.1, 0.15) is 0 Å². The molecule has 0 radical (unpaired) electrons. The first-order valence-electron chi connectivity index (χ1n) is 5.10. The predicted molar refractivity (Wildman–Crippen MR) is 45.1 cm³/mol. The molecule has 2 aliphatic heterocycles. The second-order valence-electron chi connectivity index (χ2n) is 4.25. The summed E-state index contributed by atoms with van der Waals surface area (Å²) in [4.78, 5) is 0. The number of ether oxygens (including phenoxy) is 3. The number of hydrogen-bond acceptors (Lipinski definition) is 3. The molecule has 9 heteroatoms. The molecular formula is C9H10F6O3. The maximum atomic E-state index is 13.4. The molecule has 2 heterocycles. The van der Waals surface area contributed by atoms with Crippen LogP contribution in [0.15, 0.2) is 0 Å². The molecule has 18 heavy (non-hydrogen) atoms. The quantitative estimate of drug-likeness (QED) is 0.526.